The van der Waals surface area contributed by atoms with E-state index in [9.17, 15) is 18.4 Å². The third kappa shape index (κ3) is 4.54. The van der Waals surface area contributed by atoms with Crippen molar-refractivity contribution in [2.24, 2.45) is 7.05 Å². The Balaban J connectivity index is 1.76. The number of nitrogens with zero attached hydrogens (tertiary/aromatic N) is 5. The van der Waals surface area contributed by atoms with E-state index < -0.39 is 23.9 Å². The Morgan fingerprint density at radius 1 is 1.14 bits per heavy atom. The predicted molar refractivity (Wildman–Crippen MR) is 124 cm³/mol. The first kappa shape index (κ1) is 23.8. The smallest absolute Gasteiger partial charge is 0.280 e. The standard InChI is InChI=1S/C23H23F2N7O3/c1-4-9-26-23(34)19-16(12-27-31(19)2)30-22(33)14-11-28-32-17(20(24)25)10-15(29-21(14)32)13-7-5-6-8-18(13)35-3/h5-8,10-12,20H,4,9H2,1-3H3,(H,26,34)(H,30,33). The van der Waals surface area contributed by atoms with Gasteiger partial charge in [0.25, 0.3) is 18.2 Å². The molecule has 1 aromatic carbocycles. The van der Waals surface area contributed by atoms with Crippen molar-refractivity contribution in [1.82, 2.24) is 29.7 Å². The number of fused-ring (bicyclic) bond motifs is 1. The summed E-state index contributed by atoms with van der Waals surface area (Å²) in [5, 5.41) is 13.4. The molecule has 4 aromatic rings. The number of carbonyl (C=O) groups is 2. The van der Waals surface area contributed by atoms with E-state index in [0.717, 1.165) is 17.1 Å². The molecular formula is C23H23F2N7O3. The molecule has 0 saturated heterocycles. The third-order valence-corrected chi connectivity index (χ3v) is 5.29. The van der Waals surface area contributed by atoms with Crippen LogP contribution in [0.5, 0.6) is 5.75 Å². The number of carbonyl (C=O) groups excluding carboxylic acids is 2. The predicted octanol–water partition coefficient (Wildman–Crippen LogP) is 3.47. The van der Waals surface area contributed by atoms with Gasteiger partial charge in [0.15, 0.2) is 5.65 Å². The van der Waals surface area contributed by atoms with Gasteiger partial charge in [-0.25, -0.2) is 18.3 Å². The first-order chi connectivity index (χ1) is 16.8. The number of aromatic nitrogens is 5. The van der Waals surface area contributed by atoms with Crippen LogP contribution >= 0.6 is 0 Å². The number of aryl methyl sites for hydroxylation is 1. The van der Waals surface area contributed by atoms with Crippen LogP contribution in [0.3, 0.4) is 0 Å². The van der Waals surface area contributed by atoms with Crippen molar-refractivity contribution in [2.45, 2.75) is 19.8 Å². The first-order valence-corrected chi connectivity index (χ1v) is 10.8. The lowest BCUT2D eigenvalue weighted by atomic mass is 10.1. The number of para-hydroxylation sites is 1. The van der Waals surface area contributed by atoms with Crippen LogP contribution in [0.4, 0.5) is 14.5 Å². The van der Waals surface area contributed by atoms with E-state index in [2.05, 4.69) is 25.8 Å². The summed E-state index contributed by atoms with van der Waals surface area (Å²) in [4.78, 5) is 30.1. The van der Waals surface area contributed by atoms with Gasteiger partial charge in [-0.2, -0.15) is 10.2 Å². The van der Waals surface area contributed by atoms with E-state index in [-0.39, 0.29) is 28.3 Å². The molecule has 2 amide bonds. The molecule has 0 bridgehead atoms. The second-order valence-corrected chi connectivity index (χ2v) is 7.60. The van der Waals surface area contributed by atoms with Crippen molar-refractivity contribution >= 4 is 23.1 Å². The fourth-order valence-electron chi connectivity index (χ4n) is 3.61. The molecule has 2 N–H and O–H groups in total. The zero-order valence-corrected chi connectivity index (χ0v) is 19.2. The second kappa shape index (κ2) is 9.87. The van der Waals surface area contributed by atoms with Crippen LogP contribution in [0, 0.1) is 0 Å². The highest BCUT2D eigenvalue weighted by Crippen LogP contribution is 2.32. The van der Waals surface area contributed by atoms with Gasteiger partial charge in [0, 0.05) is 19.2 Å². The fourth-order valence-corrected chi connectivity index (χ4v) is 3.61. The van der Waals surface area contributed by atoms with Gasteiger partial charge in [0.05, 0.1) is 30.9 Å². The molecule has 0 aliphatic rings. The maximum atomic E-state index is 13.9. The van der Waals surface area contributed by atoms with Crippen molar-refractivity contribution in [3.05, 3.63) is 59.7 Å². The highest BCUT2D eigenvalue weighted by atomic mass is 19.3. The van der Waals surface area contributed by atoms with Gasteiger partial charge in [-0.1, -0.05) is 19.1 Å². The molecule has 0 spiro atoms. The Morgan fingerprint density at radius 3 is 2.63 bits per heavy atom. The molecule has 0 saturated carbocycles. The fraction of sp³-hybridized carbons (Fsp3) is 0.261. The van der Waals surface area contributed by atoms with Crippen LogP contribution in [0.1, 0.15) is 46.3 Å². The summed E-state index contributed by atoms with van der Waals surface area (Å²) in [6.07, 6.45) is 0.350. The number of ether oxygens (including phenoxy) is 1. The molecule has 10 nitrogen and oxygen atoms in total. The minimum absolute atomic E-state index is 0.0487. The lowest BCUT2D eigenvalue weighted by Crippen LogP contribution is -2.27. The Morgan fingerprint density at radius 2 is 1.91 bits per heavy atom. The zero-order valence-electron chi connectivity index (χ0n) is 19.2. The maximum Gasteiger partial charge on any atom is 0.280 e. The van der Waals surface area contributed by atoms with Crippen LogP contribution in [0.2, 0.25) is 0 Å². The van der Waals surface area contributed by atoms with Crippen molar-refractivity contribution < 1.29 is 23.1 Å². The number of methoxy groups -OCH3 is 1. The Bertz CT molecular complexity index is 1400. The Kier molecular flexibility index (Phi) is 6.71. The van der Waals surface area contributed by atoms with E-state index in [4.69, 9.17) is 4.74 Å². The molecule has 3 aromatic heterocycles. The minimum atomic E-state index is -2.88. The number of alkyl halides is 2. The van der Waals surface area contributed by atoms with E-state index in [0.29, 0.717) is 17.9 Å². The summed E-state index contributed by atoms with van der Waals surface area (Å²) >= 11 is 0. The molecular weight excluding hydrogens is 460 g/mol. The molecule has 0 aliphatic heterocycles. The van der Waals surface area contributed by atoms with Gasteiger partial charge >= 0.3 is 0 Å². The summed E-state index contributed by atoms with van der Waals surface area (Å²) in [6, 6.07) is 8.04. The van der Waals surface area contributed by atoms with Gasteiger partial charge in [-0.3, -0.25) is 14.3 Å². The van der Waals surface area contributed by atoms with Crippen LogP contribution in [-0.2, 0) is 7.05 Å². The maximum absolute atomic E-state index is 13.9. The van der Waals surface area contributed by atoms with Crippen LogP contribution in [0.25, 0.3) is 16.9 Å². The topological polar surface area (TPSA) is 115 Å². The molecule has 0 fully saturated rings. The molecule has 0 radical (unpaired) electrons. The van der Waals surface area contributed by atoms with E-state index >= 15 is 0 Å². The molecule has 182 valence electrons. The largest absolute Gasteiger partial charge is 0.496 e. The van der Waals surface area contributed by atoms with Crippen molar-refractivity contribution in [2.75, 3.05) is 19.0 Å². The number of hydrogen-bond donors (Lipinski definition) is 2. The average molecular weight is 483 g/mol. The lowest BCUT2D eigenvalue weighted by Gasteiger charge is -2.11. The van der Waals surface area contributed by atoms with E-state index in [1.165, 1.54) is 24.1 Å². The zero-order chi connectivity index (χ0) is 25.1. The number of amides is 2. The van der Waals surface area contributed by atoms with Crippen molar-refractivity contribution in [3.63, 3.8) is 0 Å². The van der Waals surface area contributed by atoms with Gasteiger partial charge in [0.1, 0.15) is 22.7 Å². The summed E-state index contributed by atoms with van der Waals surface area (Å²) in [7, 11) is 3.03. The Labute approximate surface area is 198 Å². The van der Waals surface area contributed by atoms with Gasteiger partial charge in [0.2, 0.25) is 0 Å². The molecule has 35 heavy (non-hydrogen) atoms. The Hall–Kier alpha value is -4.35. The highest BCUT2D eigenvalue weighted by molar-refractivity contribution is 6.11. The monoisotopic (exact) mass is 483 g/mol. The molecule has 4 rings (SSSR count). The SMILES string of the molecule is CCCNC(=O)c1c(NC(=O)c2cnn3c(C(F)F)cc(-c4ccccc4OC)nc23)cnn1C. The summed E-state index contributed by atoms with van der Waals surface area (Å²) < 4.78 is 35.4. The molecule has 0 unspecified atom stereocenters. The van der Waals surface area contributed by atoms with E-state index in [1.54, 1.807) is 31.3 Å². The van der Waals surface area contributed by atoms with Crippen molar-refractivity contribution in [3.8, 4) is 17.0 Å². The van der Waals surface area contributed by atoms with Crippen LogP contribution in [0.15, 0.2) is 42.7 Å². The third-order valence-electron chi connectivity index (χ3n) is 5.29. The number of halogens is 2. The van der Waals surface area contributed by atoms with Gasteiger partial charge in [-0.15, -0.1) is 0 Å². The van der Waals surface area contributed by atoms with Gasteiger partial charge in [-0.05, 0) is 24.6 Å². The molecule has 0 atom stereocenters. The second-order valence-electron chi connectivity index (χ2n) is 7.60. The summed E-state index contributed by atoms with van der Waals surface area (Å²) in [6.45, 7) is 2.37. The molecule has 12 heteroatoms. The number of anilines is 1. The summed E-state index contributed by atoms with van der Waals surface area (Å²) in [5.41, 5.74) is 0.444. The average Bonchev–Trinajstić information content (AvgIpc) is 3.45. The molecule has 3 heterocycles. The lowest BCUT2D eigenvalue weighted by molar-refractivity contribution is 0.0945. The number of nitrogens with one attached hydrogen (secondary N) is 2. The molecule has 0 aliphatic carbocycles. The van der Waals surface area contributed by atoms with Crippen molar-refractivity contribution in [1.29, 1.82) is 0 Å². The number of benzene rings is 1. The summed E-state index contributed by atoms with van der Waals surface area (Å²) in [5.74, 6) is -0.644. The first-order valence-electron chi connectivity index (χ1n) is 10.8. The highest BCUT2D eigenvalue weighted by Gasteiger charge is 2.24. The van der Waals surface area contributed by atoms with Crippen LogP contribution in [-0.4, -0.2) is 49.8 Å². The normalized spacial score (nSPS) is 11.1. The quantitative estimate of drug-likeness (QED) is 0.397. The number of rotatable bonds is 8. The minimum Gasteiger partial charge on any atom is -0.496 e. The number of hydrogen-bond acceptors (Lipinski definition) is 6. The van der Waals surface area contributed by atoms with Crippen LogP contribution < -0.4 is 15.4 Å². The van der Waals surface area contributed by atoms with E-state index in [1.807, 2.05) is 6.92 Å². The van der Waals surface area contributed by atoms with Gasteiger partial charge < -0.3 is 15.4 Å².